The molecule has 8 nitrogen and oxygen atoms in total. The molecule has 8 heteroatoms. The Bertz CT molecular complexity index is 547. The highest BCUT2D eigenvalue weighted by molar-refractivity contribution is 5.93. The van der Waals surface area contributed by atoms with Crippen molar-refractivity contribution in [2.24, 2.45) is 5.41 Å². The van der Waals surface area contributed by atoms with E-state index in [4.69, 9.17) is 14.2 Å². The van der Waals surface area contributed by atoms with Crippen LogP contribution < -0.4 is 9.47 Å². The number of hydrogen-bond donors (Lipinski definition) is 0. The van der Waals surface area contributed by atoms with Gasteiger partial charge in [0, 0.05) is 0 Å². The highest BCUT2D eigenvalue weighted by Crippen LogP contribution is 2.31. The number of rotatable bonds is 6. The summed E-state index contributed by atoms with van der Waals surface area (Å²) in [5.74, 6) is -0.421. The normalized spacial score (nSPS) is 10.7. The molecule has 0 amide bonds. The standard InChI is InChI=1S/C15H20O8/c1-15(2,3)9-20-14(17)22-23-21-13(16)10-7-6-8-11(18-4)12(10)19-5/h6-8H,9H2,1-5H3. The van der Waals surface area contributed by atoms with Gasteiger partial charge in [0.1, 0.15) is 5.56 Å². The van der Waals surface area contributed by atoms with Gasteiger partial charge in [0.25, 0.3) is 0 Å². The Morgan fingerprint density at radius 1 is 1.04 bits per heavy atom. The minimum Gasteiger partial charge on any atom is -0.493 e. The fourth-order valence-electron chi connectivity index (χ4n) is 1.47. The molecule has 1 aromatic rings. The molecule has 0 radical (unpaired) electrons. The van der Waals surface area contributed by atoms with Crippen LogP contribution in [0.5, 0.6) is 11.5 Å². The lowest BCUT2D eigenvalue weighted by Crippen LogP contribution is -2.19. The molecular weight excluding hydrogens is 308 g/mol. The van der Waals surface area contributed by atoms with Crippen LogP contribution in [0.25, 0.3) is 0 Å². The van der Waals surface area contributed by atoms with Crippen LogP contribution in [0.1, 0.15) is 31.1 Å². The van der Waals surface area contributed by atoms with E-state index in [1.807, 2.05) is 20.8 Å². The van der Waals surface area contributed by atoms with Crippen molar-refractivity contribution in [3.63, 3.8) is 0 Å². The Morgan fingerprint density at radius 3 is 2.30 bits per heavy atom. The maximum atomic E-state index is 11.9. The van der Waals surface area contributed by atoms with Gasteiger partial charge in [0.05, 0.1) is 25.9 Å². The van der Waals surface area contributed by atoms with Crippen molar-refractivity contribution in [1.82, 2.24) is 0 Å². The summed E-state index contributed by atoms with van der Waals surface area (Å²) in [5.41, 5.74) is -0.192. The van der Waals surface area contributed by atoms with Crippen molar-refractivity contribution in [2.75, 3.05) is 20.8 Å². The monoisotopic (exact) mass is 328 g/mol. The summed E-state index contributed by atoms with van der Waals surface area (Å²) >= 11 is 0. The van der Waals surface area contributed by atoms with Crippen LogP contribution in [-0.4, -0.2) is 33.0 Å². The van der Waals surface area contributed by atoms with E-state index in [0.29, 0.717) is 5.75 Å². The first-order chi connectivity index (χ1) is 10.8. The van der Waals surface area contributed by atoms with Crippen molar-refractivity contribution in [1.29, 1.82) is 0 Å². The summed E-state index contributed by atoms with van der Waals surface area (Å²) in [4.78, 5) is 31.7. The lowest BCUT2D eigenvalue weighted by atomic mass is 9.99. The van der Waals surface area contributed by atoms with Crippen LogP contribution in [0.15, 0.2) is 18.2 Å². The van der Waals surface area contributed by atoms with Gasteiger partial charge >= 0.3 is 12.1 Å². The third-order valence-corrected chi connectivity index (χ3v) is 2.46. The molecule has 0 bridgehead atoms. The molecule has 23 heavy (non-hydrogen) atoms. The molecule has 0 spiro atoms. The SMILES string of the molecule is COc1cccc(C(=O)OOOC(=O)OCC(C)(C)C)c1OC. The lowest BCUT2D eigenvalue weighted by molar-refractivity contribution is -0.452. The topological polar surface area (TPSA) is 89.5 Å². The third-order valence-electron chi connectivity index (χ3n) is 2.46. The van der Waals surface area contributed by atoms with Crippen molar-refractivity contribution >= 4 is 12.1 Å². The van der Waals surface area contributed by atoms with Crippen molar-refractivity contribution in [2.45, 2.75) is 20.8 Å². The van der Waals surface area contributed by atoms with Gasteiger partial charge in [0.15, 0.2) is 11.5 Å². The van der Waals surface area contributed by atoms with E-state index < -0.39 is 12.1 Å². The minimum atomic E-state index is -1.12. The van der Waals surface area contributed by atoms with Crippen LogP contribution in [0.4, 0.5) is 4.79 Å². The summed E-state index contributed by atoms with van der Waals surface area (Å²) in [5, 5.41) is 4.13. The minimum absolute atomic E-state index is 0.0403. The van der Waals surface area contributed by atoms with Crippen LogP contribution in [0, 0.1) is 5.41 Å². The predicted molar refractivity (Wildman–Crippen MR) is 77.9 cm³/mol. The summed E-state index contributed by atoms with van der Waals surface area (Å²) in [6, 6.07) is 4.61. The highest BCUT2D eigenvalue weighted by atomic mass is 17.5. The molecule has 0 aliphatic rings. The highest BCUT2D eigenvalue weighted by Gasteiger charge is 2.20. The van der Waals surface area contributed by atoms with E-state index in [9.17, 15) is 9.59 Å². The smallest absolute Gasteiger partial charge is 0.493 e. The Hall–Kier alpha value is -2.48. The Balaban J connectivity index is 2.53. The third kappa shape index (κ3) is 6.03. The number of carbonyl (C=O) groups is 2. The van der Waals surface area contributed by atoms with E-state index in [0.717, 1.165) is 0 Å². The number of hydrogen-bond acceptors (Lipinski definition) is 8. The van der Waals surface area contributed by atoms with Gasteiger partial charge in [-0.2, -0.15) is 0 Å². The molecule has 0 aromatic heterocycles. The van der Waals surface area contributed by atoms with E-state index in [1.165, 1.54) is 20.3 Å². The number of methoxy groups -OCH3 is 2. The summed E-state index contributed by atoms with van der Waals surface area (Å²) in [6.07, 6.45) is -1.12. The van der Waals surface area contributed by atoms with Crippen LogP contribution in [-0.2, 0) is 19.6 Å². The number of para-hydroxylation sites is 1. The van der Waals surface area contributed by atoms with Crippen LogP contribution in [0.2, 0.25) is 0 Å². The van der Waals surface area contributed by atoms with Gasteiger partial charge in [-0.3, -0.25) is 4.89 Å². The van der Waals surface area contributed by atoms with Crippen LogP contribution in [0.3, 0.4) is 0 Å². The molecule has 0 saturated carbocycles. The van der Waals surface area contributed by atoms with Crippen molar-refractivity contribution < 1.29 is 38.6 Å². The maximum Gasteiger partial charge on any atom is 0.543 e. The van der Waals surface area contributed by atoms with Gasteiger partial charge in [-0.05, 0) is 17.5 Å². The first kappa shape index (κ1) is 18.6. The predicted octanol–water partition coefficient (Wildman–Crippen LogP) is 2.91. The zero-order chi connectivity index (χ0) is 17.5. The van der Waals surface area contributed by atoms with E-state index >= 15 is 0 Å². The largest absolute Gasteiger partial charge is 0.543 e. The Morgan fingerprint density at radius 2 is 1.74 bits per heavy atom. The second-order valence-electron chi connectivity index (χ2n) is 5.66. The number of benzene rings is 1. The average Bonchev–Trinajstić information content (AvgIpc) is 2.51. The van der Waals surface area contributed by atoms with Crippen molar-refractivity contribution in [3.8, 4) is 11.5 Å². The molecule has 0 aliphatic carbocycles. The fourth-order valence-corrected chi connectivity index (χ4v) is 1.47. The fraction of sp³-hybridized carbons (Fsp3) is 0.467. The van der Waals surface area contributed by atoms with E-state index in [1.54, 1.807) is 12.1 Å². The van der Waals surface area contributed by atoms with Crippen LogP contribution >= 0.6 is 0 Å². The number of ether oxygens (including phenoxy) is 3. The molecule has 0 fully saturated rings. The van der Waals surface area contributed by atoms with Gasteiger partial charge in [-0.25, -0.2) is 14.5 Å². The first-order valence-corrected chi connectivity index (χ1v) is 6.71. The number of carbonyl (C=O) groups excluding carboxylic acids is 2. The molecule has 0 atom stereocenters. The van der Waals surface area contributed by atoms with Gasteiger partial charge in [0.2, 0.25) is 0 Å². The molecule has 0 aliphatic heterocycles. The lowest BCUT2D eigenvalue weighted by Gasteiger charge is -2.16. The zero-order valence-electron chi connectivity index (χ0n) is 13.7. The van der Waals surface area contributed by atoms with Crippen molar-refractivity contribution in [3.05, 3.63) is 23.8 Å². The Kier molecular flexibility index (Phi) is 6.65. The van der Waals surface area contributed by atoms with E-state index in [-0.39, 0.29) is 23.3 Å². The molecule has 0 unspecified atom stereocenters. The molecule has 0 heterocycles. The second-order valence-corrected chi connectivity index (χ2v) is 5.66. The summed E-state index contributed by atoms with van der Waals surface area (Å²) in [7, 11) is 2.80. The average molecular weight is 328 g/mol. The molecule has 0 N–H and O–H groups in total. The summed E-state index contributed by atoms with van der Waals surface area (Å²) in [6.45, 7) is 5.73. The van der Waals surface area contributed by atoms with Gasteiger partial charge < -0.3 is 14.2 Å². The molecule has 128 valence electrons. The Labute approximate surface area is 134 Å². The second kappa shape index (κ2) is 8.23. The zero-order valence-corrected chi connectivity index (χ0v) is 13.7. The molecule has 0 saturated heterocycles. The maximum absolute atomic E-state index is 11.9. The first-order valence-electron chi connectivity index (χ1n) is 6.71. The molecule has 1 aromatic carbocycles. The molecule has 1 rings (SSSR count). The quantitative estimate of drug-likeness (QED) is 0.447. The van der Waals surface area contributed by atoms with Gasteiger partial charge in [-0.15, -0.1) is 0 Å². The van der Waals surface area contributed by atoms with Gasteiger partial charge in [-0.1, -0.05) is 26.8 Å². The molecular formula is C15H20O8. The van der Waals surface area contributed by atoms with E-state index in [2.05, 4.69) is 14.8 Å². The summed E-state index contributed by atoms with van der Waals surface area (Å²) < 4.78 is 14.9.